The second-order valence-electron chi connectivity index (χ2n) is 4.94. The molecule has 1 saturated heterocycles. The summed E-state index contributed by atoms with van der Waals surface area (Å²) < 4.78 is 12.8. The molecule has 1 fully saturated rings. The summed E-state index contributed by atoms with van der Waals surface area (Å²) in [6.45, 7) is 3.59. The van der Waals surface area contributed by atoms with Crippen molar-refractivity contribution in [2.24, 2.45) is 0 Å². The molecule has 98 valence electrons. The van der Waals surface area contributed by atoms with E-state index in [1.807, 2.05) is 11.8 Å². The maximum atomic E-state index is 12.8. The Morgan fingerprint density at radius 2 is 2.17 bits per heavy atom. The van der Waals surface area contributed by atoms with Gasteiger partial charge in [-0.05, 0) is 43.0 Å². The van der Waals surface area contributed by atoms with Gasteiger partial charge in [0.2, 0.25) is 0 Å². The lowest BCUT2D eigenvalue weighted by Crippen LogP contribution is -2.38. The topological polar surface area (TPSA) is 40.5 Å². The van der Waals surface area contributed by atoms with Gasteiger partial charge in [-0.15, -0.1) is 0 Å². The highest BCUT2D eigenvalue weighted by Crippen LogP contribution is 2.23. The maximum Gasteiger partial charge on any atom is 0.320 e. The van der Waals surface area contributed by atoms with Crippen molar-refractivity contribution in [1.82, 2.24) is 4.90 Å². The van der Waals surface area contributed by atoms with Crippen LogP contribution >= 0.6 is 0 Å². The van der Waals surface area contributed by atoms with Crippen molar-refractivity contribution < 1.29 is 14.3 Å². The van der Waals surface area contributed by atoms with E-state index in [0.717, 1.165) is 24.9 Å². The summed E-state index contributed by atoms with van der Waals surface area (Å²) in [5.74, 6) is -0.764. The second-order valence-corrected chi connectivity index (χ2v) is 4.94. The third kappa shape index (κ3) is 2.88. The third-order valence-corrected chi connectivity index (χ3v) is 3.60. The van der Waals surface area contributed by atoms with Crippen LogP contribution in [0.1, 0.15) is 31.2 Å². The van der Waals surface area contributed by atoms with Crippen LogP contribution in [0.25, 0.3) is 0 Å². The summed E-state index contributed by atoms with van der Waals surface area (Å²) in [4.78, 5) is 13.1. The summed E-state index contributed by atoms with van der Waals surface area (Å²) in [6.07, 6.45) is 1.67. The molecule has 0 amide bonds. The molecule has 1 aromatic rings. The van der Waals surface area contributed by atoms with E-state index < -0.39 is 5.97 Å². The van der Waals surface area contributed by atoms with Crippen LogP contribution in [0.5, 0.6) is 0 Å². The smallest absolute Gasteiger partial charge is 0.320 e. The molecule has 1 aromatic carbocycles. The molecule has 0 radical (unpaired) electrons. The summed E-state index contributed by atoms with van der Waals surface area (Å²) in [7, 11) is 0. The van der Waals surface area contributed by atoms with E-state index in [9.17, 15) is 9.18 Å². The fourth-order valence-electron chi connectivity index (χ4n) is 2.57. The monoisotopic (exact) mass is 251 g/mol. The molecule has 0 aliphatic carbocycles. The molecule has 0 bridgehead atoms. The number of carbonyl (C=O) groups is 1. The molecule has 0 spiro atoms. The molecule has 1 unspecified atom stereocenters. The first-order valence-electron chi connectivity index (χ1n) is 6.30. The molecule has 1 aliphatic rings. The number of carboxylic acid groups (broad SMARTS) is 1. The van der Waals surface area contributed by atoms with E-state index in [-0.39, 0.29) is 17.8 Å². The third-order valence-electron chi connectivity index (χ3n) is 3.60. The summed E-state index contributed by atoms with van der Waals surface area (Å²) in [6, 6.07) is 6.08. The summed E-state index contributed by atoms with van der Waals surface area (Å²) in [5, 5.41) is 9.11. The lowest BCUT2D eigenvalue weighted by molar-refractivity contribution is -0.142. The Hall–Kier alpha value is -1.42. The highest BCUT2D eigenvalue weighted by molar-refractivity contribution is 5.73. The number of likely N-dealkylation sites (tertiary alicyclic amines) is 1. The Kier molecular flexibility index (Phi) is 3.97. The zero-order valence-electron chi connectivity index (χ0n) is 10.5. The SMILES string of the molecule is CC(CN1CCC[C@@H]1C(=O)O)c1ccc(F)cc1. The highest BCUT2D eigenvalue weighted by atomic mass is 19.1. The lowest BCUT2D eigenvalue weighted by Gasteiger charge is -2.24. The Labute approximate surface area is 106 Å². The van der Waals surface area contributed by atoms with E-state index in [2.05, 4.69) is 0 Å². The molecule has 1 heterocycles. The molecule has 0 aromatic heterocycles. The average Bonchev–Trinajstić information content (AvgIpc) is 2.78. The number of rotatable bonds is 4. The quantitative estimate of drug-likeness (QED) is 0.893. The van der Waals surface area contributed by atoms with Gasteiger partial charge in [0, 0.05) is 6.54 Å². The lowest BCUT2D eigenvalue weighted by atomic mass is 10.0. The van der Waals surface area contributed by atoms with E-state index in [0.29, 0.717) is 6.54 Å². The van der Waals surface area contributed by atoms with E-state index >= 15 is 0 Å². The van der Waals surface area contributed by atoms with Crippen LogP contribution in [0.3, 0.4) is 0 Å². The second kappa shape index (κ2) is 5.48. The van der Waals surface area contributed by atoms with E-state index in [1.54, 1.807) is 12.1 Å². The Balaban J connectivity index is 2.00. The predicted octanol–water partition coefficient (Wildman–Crippen LogP) is 2.48. The van der Waals surface area contributed by atoms with Crippen molar-refractivity contribution in [2.45, 2.75) is 31.7 Å². The van der Waals surface area contributed by atoms with E-state index in [1.165, 1.54) is 12.1 Å². The molecule has 2 atom stereocenters. The van der Waals surface area contributed by atoms with Crippen molar-refractivity contribution in [3.8, 4) is 0 Å². The van der Waals surface area contributed by atoms with Crippen molar-refractivity contribution in [1.29, 1.82) is 0 Å². The van der Waals surface area contributed by atoms with Gasteiger partial charge >= 0.3 is 5.97 Å². The number of benzene rings is 1. The average molecular weight is 251 g/mol. The first-order chi connectivity index (χ1) is 8.58. The normalized spacial score (nSPS) is 22.0. The van der Waals surface area contributed by atoms with Crippen LogP contribution in [0.4, 0.5) is 4.39 Å². The highest BCUT2D eigenvalue weighted by Gasteiger charge is 2.31. The molecule has 18 heavy (non-hydrogen) atoms. The minimum absolute atomic E-state index is 0.213. The van der Waals surface area contributed by atoms with Crippen LogP contribution in [0.15, 0.2) is 24.3 Å². The van der Waals surface area contributed by atoms with Crippen LogP contribution in [-0.4, -0.2) is 35.1 Å². The predicted molar refractivity (Wildman–Crippen MR) is 67.0 cm³/mol. The number of aliphatic carboxylic acids is 1. The van der Waals surface area contributed by atoms with Crippen LogP contribution in [0.2, 0.25) is 0 Å². The first kappa shape index (κ1) is 13.0. The van der Waals surface area contributed by atoms with Gasteiger partial charge in [0.1, 0.15) is 11.9 Å². The minimum Gasteiger partial charge on any atom is -0.480 e. The largest absolute Gasteiger partial charge is 0.480 e. The summed E-state index contributed by atoms with van der Waals surface area (Å²) in [5.41, 5.74) is 1.05. The van der Waals surface area contributed by atoms with Gasteiger partial charge in [-0.3, -0.25) is 9.69 Å². The fourth-order valence-corrected chi connectivity index (χ4v) is 2.57. The van der Waals surface area contributed by atoms with Gasteiger partial charge in [0.05, 0.1) is 0 Å². The Bertz CT molecular complexity index is 418. The van der Waals surface area contributed by atoms with Crippen LogP contribution < -0.4 is 0 Å². The zero-order valence-corrected chi connectivity index (χ0v) is 10.5. The van der Waals surface area contributed by atoms with Gasteiger partial charge in [0.15, 0.2) is 0 Å². The van der Waals surface area contributed by atoms with Gasteiger partial charge in [0.25, 0.3) is 0 Å². The zero-order chi connectivity index (χ0) is 13.1. The fraction of sp³-hybridized carbons (Fsp3) is 0.500. The van der Waals surface area contributed by atoms with Gasteiger partial charge in [-0.1, -0.05) is 19.1 Å². The van der Waals surface area contributed by atoms with Crippen molar-refractivity contribution in [2.75, 3.05) is 13.1 Å². The standard InChI is InChI=1S/C14H18FNO2/c1-10(11-4-6-12(15)7-5-11)9-16-8-2-3-13(16)14(17)18/h4-7,10,13H,2-3,8-9H2,1H3,(H,17,18)/t10?,13-/m1/s1. The first-order valence-corrected chi connectivity index (χ1v) is 6.30. The van der Waals surface area contributed by atoms with Crippen LogP contribution in [-0.2, 0) is 4.79 Å². The molecule has 2 rings (SSSR count). The van der Waals surface area contributed by atoms with Gasteiger partial charge in [-0.25, -0.2) is 4.39 Å². The van der Waals surface area contributed by atoms with Gasteiger partial charge in [-0.2, -0.15) is 0 Å². The molecule has 4 heteroatoms. The number of hydrogen-bond acceptors (Lipinski definition) is 2. The number of nitrogens with zero attached hydrogens (tertiary/aromatic N) is 1. The van der Waals surface area contributed by atoms with Crippen LogP contribution in [0, 0.1) is 5.82 Å². The molecule has 1 N–H and O–H groups in total. The van der Waals surface area contributed by atoms with Crippen molar-refractivity contribution >= 4 is 5.97 Å². The molecule has 3 nitrogen and oxygen atoms in total. The van der Waals surface area contributed by atoms with Crippen molar-refractivity contribution in [3.05, 3.63) is 35.6 Å². The van der Waals surface area contributed by atoms with Crippen molar-refractivity contribution in [3.63, 3.8) is 0 Å². The van der Waals surface area contributed by atoms with E-state index in [4.69, 9.17) is 5.11 Å². The molecule has 1 aliphatic heterocycles. The molecular weight excluding hydrogens is 233 g/mol. The molecule has 0 saturated carbocycles. The Morgan fingerprint density at radius 1 is 1.50 bits per heavy atom. The number of carboxylic acids is 1. The number of halogens is 1. The van der Waals surface area contributed by atoms with Gasteiger partial charge < -0.3 is 5.11 Å². The minimum atomic E-state index is -0.737. The number of hydrogen-bond donors (Lipinski definition) is 1. The summed E-state index contributed by atoms with van der Waals surface area (Å²) >= 11 is 0. The Morgan fingerprint density at radius 3 is 2.78 bits per heavy atom. The maximum absolute atomic E-state index is 12.8. The molecular formula is C14H18FNO2.